The highest BCUT2D eigenvalue weighted by atomic mass is 16.6. The van der Waals surface area contributed by atoms with Gasteiger partial charge in [0.15, 0.2) is 0 Å². The number of rotatable bonds is 5. The Morgan fingerprint density at radius 3 is 2.76 bits per heavy atom. The summed E-state index contributed by atoms with van der Waals surface area (Å²) in [6, 6.07) is 4.64. The third kappa shape index (κ3) is 3.75. The Labute approximate surface area is 99.0 Å². The van der Waals surface area contributed by atoms with Crippen LogP contribution in [0.2, 0.25) is 0 Å². The molecule has 1 atom stereocenters. The molecule has 0 aromatic heterocycles. The van der Waals surface area contributed by atoms with Gasteiger partial charge >= 0.3 is 0 Å². The number of primary amides is 1. The number of amides is 1. The van der Waals surface area contributed by atoms with Crippen LogP contribution in [-0.4, -0.2) is 16.9 Å². The molecular weight excluding hydrogens is 222 g/mol. The molecular formula is C11H15N3O3. The summed E-state index contributed by atoms with van der Waals surface area (Å²) in [6.07, 6.45) is 0.130. The summed E-state index contributed by atoms with van der Waals surface area (Å²) in [4.78, 5) is 21.1. The molecule has 0 aliphatic heterocycles. The second-order valence-corrected chi connectivity index (χ2v) is 3.99. The standard InChI is InChI=1S/C11H15N3O3/c1-7-3-4-9(10(5-7)14(16)17)13-8(2)6-11(12)15/h3-5,8,13H,6H2,1-2H3,(H2,12,15). The van der Waals surface area contributed by atoms with Gasteiger partial charge in [-0.15, -0.1) is 0 Å². The zero-order valence-corrected chi connectivity index (χ0v) is 9.77. The molecule has 1 amide bonds. The van der Waals surface area contributed by atoms with Gasteiger partial charge in [0.25, 0.3) is 5.69 Å². The fourth-order valence-electron chi connectivity index (χ4n) is 1.53. The van der Waals surface area contributed by atoms with Crippen molar-refractivity contribution in [1.29, 1.82) is 0 Å². The summed E-state index contributed by atoms with van der Waals surface area (Å²) >= 11 is 0. The lowest BCUT2D eigenvalue weighted by Crippen LogP contribution is -2.24. The summed E-state index contributed by atoms with van der Waals surface area (Å²) in [6.45, 7) is 3.53. The molecule has 6 heteroatoms. The number of nitro groups is 1. The highest BCUT2D eigenvalue weighted by molar-refractivity contribution is 5.75. The van der Waals surface area contributed by atoms with Gasteiger partial charge in [-0.25, -0.2) is 0 Å². The molecule has 0 spiro atoms. The maximum absolute atomic E-state index is 10.9. The van der Waals surface area contributed by atoms with E-state index in [-0.39, 0.29) is 18.2 Å². The van der Waals surface area contributed by atoms with E-state index in [4.69, 9.17) is 5.73 Å². The van der Waals surface area contributed by atoms with E-state index in [9.17, 15) is 14.9 Å². The lowest BCUT2D eigenvalue weighted by atomic mass is 10.1. The van der Waals surface area contributed by atoms with Gasteiger partial charge in [-0.05, 0) is 25.5 Å². The van der Waals surface area contributed by atoms with Crippen LogP contribution in [0.25, 0.3) is 0 Å². The molecule has 0 radical (unpaired) electrons. The zero-order valence-electron chi connectivity index (χ0n) is 9.77. The number of carbonyl (C=O) groups is 1. The van der Waals surface area contributed by atoms with E-state index in [1.807, 2.05) is 0 Å². The van der Waals surface area contributed by atoms with E-state index in [0.717, 1.165) is 5.56 Å². The summed E-state index contributed by atoms with van der Waals surface area (Å²) in [5.41, 5.74) is 6.26. The second kappa shape index (κ2) is 5.29. The maximum atomic E-state index is 10.9. The predicted octanol–water partition coefficient (Wildman–Crippen LogP) is 1.58. The van der Waals surface area contributed by atoms with E-state index in [1.54, 1.807) is 26.0 Å². The number of carbonyl (C=O) groups excluding carboxylic acids is 1. The van der Waals surface area contributed by atoms with Crippen molar-refractivity contribution < 1.29 is 9.72 Å². The summed E-state index contributed by atoms with van der Waals surface area (Å²) in [5.74, 6) is -0.445. The molecule has 0 bridgehead atoms. The molecule has 0 fully saturated rings. The fraction of sp³-hybridized carbons (Fsp3) is 0.364. The van der Waals surface area contributed by atoms with Crippen LogP contribution in [0.1, 0.15) is 18.9 Å². The van der Waals surface area contributed by atoms with Crippen LogP contribution >= 0.6 is 0 Å². The Morgan fingerprint density at radius 2 is 2.24 bits per heavy atom. The number of benzene rings is 1. The van der Waals surface area contributed by atoms with Crippen LogP contribution < -0.4 is 11.1 Å². The largest absolute Gasteiger partial charge is 0.377 e. The first-order valence-corrected chi connectivity index (χ1v) is 5.20. The molecule has 6 nitrogen and oxygen atoms in total. The van der Waals surface area contributed by atoms with E-state index < -0.39 is 10.8 Å². The molecule has 3 N–H and O–H groups in total. The Hall–Kier alpha value is -2.11. The second-order valence-electron chi connectivity index (χ2n) is 3.99. The minimum absolute atomic E-state index is 0.00122. The van der Waals surface area contributed by atoms with Gasteiger partial charge in [0.05, 0.1) is 4.92 Å². The Balaban J connectivity index is 2.90. The van der Waals surface area contributed by atoms with Gasteiger partial charge < -0.3 is 11.1 Å². The predicted molar refractivity (Wildman–Crippen MR) is 64.7 cm³/mol. The third-order valence-corrected chi connectivity index (χ3v) is 2.26. The smallest absolute Gasteiger partial charge is 0.292 e. The number of nitrogens with zero attached hydrogens (tertiary/aromatic N) is 1. The van der Waals surface area contributed by atoms with E-state index in [0.29, 0.717) is 5.69 Å². The Kier molecular flexibility index (Phi) is 4.03. The normalized spacial score (nSPS) is 11.9. The van der Waals surface area contributed by atoms with Gasteiger partial charge in [-0.3, -0.25) is 14.9 Å². The lowest BCUT2D eigenvalue weighted by molar-refractivity contribution is -0.384. The molecule has 0 aliphatic rings. The first-order chi connectivity index (χ1) is 7.90. The van der Waals surface area contributed by atoms with Crippen LogP contribution in [0.5, 0.6) is 0 Å². The maximum Gasteiger partial charge on any atom is 0.292 e. The SMILES string of the molecule is Cc1ccc(NC(C)CC(N)=O)c([N+](=O)[O-])c1. The molecule has 1 rings (SSSR count). The van der Waals surface area contributed by atoms with Crippen LogP contribution in [0.4, 0.5) is 11.4 Å². The Bertz CT molecular complexity index is 446. The average molecular weight is 237 g/mol. The number of hydrogen-bond donors (Lipinski definition) is 2. The van der Waals surface area contributed by atoms with Crippen LogP contribution in [0.3, 0.4) is 0 Å². The molecule has 1 unspecified atom stereocenters. The number of aryl methyl sites for hydroxylation is 1. The number of hydrogen-bond acceptors (Lipinski definition) is 4. The summed E-state index contributed by atoms with van der Waals surface area (Å²) in [7, 11) is 0. The molecule has 1 aromatic rings. The number of nitro benzene ring substituents is 1. The highest BCUT2D eigenvalue weighted by Gasteiger charge is 2.16. The Morgan fingerprint density at radius 1 is 1.59 bits per heavy atom. The van der Waals surface area contributed by atoms with Crippen molar-refractivity contribution in [1.82, 2.24) is 0 Å². The van der Waals surface area contributed by atoms with Crippen LogP contribution in [0, 0.1) is 17.0 Å². The molecule has 1 aromatic carbocycles. The van der Waals surface area contributed by atoms with Crippen LogP contribution in [-0.2, 0) is 4.79 Å². The fourth-order valence-corrected chi connectivity index (χ4v) is 1.53. The number of nitrogens with one attached hydrogen (secondary N) is 1. The van der Waals surface area contributed by atoms with E-state index >= 15 is 0 Å². The van der Waals surface area contributed by atoms with Crippen molar-refractivity contribution in [2.75, 3.05) is 5.32 Å². The molecule has 0 saturated heterocycles. The van der Waals surface area contributed by atoms with Crippen LogP contribution in [0.15, 0.2) is 18.2 Å². The lowest BCUT2D eigenvalue weighted by Gasteiger charge is -2.13. The minimum Gasteiger partial charge on any atom is -0.377 e. The molecule has 0 heterocycles. The van der Waals surface area contributed by atoms with Crippen molar-refractivity contribution in [2.24, 2.45) is 5.73 Å². The third-order valence-electron chi connectivity index (χ3n) is 2.26. The van der Waals surface area contributed by atoms with E-state index in [2.05, 4.69) is 5.32 Å². The van der Waals surface area contributed by atoms with Gasteiger partial charge in [0, 0.05) is 18.5 Å². The van der Waals surface area contributed by atoms with Crippen molar-refractivity contribution in [3.05, 3.63) is 33.9 Å². The summed E-state index contributed by atoms with van der Waals surface area (Å²) < 4.78 is 0. The van der Waals surface area contributed by atoms with Gasteiger partial charge in [-0.1, -0.05) is 6.07 Å². The number of nitrogens with two attached hydrogens (primary N) is 1. The zero-order chi connectivity index (χ0) is 13.0. The first-order valence-electron chi connectivity index (χ1n) is 5.20. The average Bonchev–Trinajstić information content (AvgIpc) is 2.19. The highest BCUT2D eigenvalue weighted by Crippen LogP contribution is 2.26. The molecule has 17 heavy (non-hydrogen) atoms. The molecule has 92 valence electrons. The summed E-state index contributed by atoms with van der Waals surface area (Å²) in [5, 5.41) is 13.8. The first kappa shape index (κ1) is 13.0. The van der Waals surface area contributed by atoms with Crippen molar-refractivity contribution in [2.45, 2.75) is 26.3 Å². The van der Waals surface area contributed by atoms with Crippen molar-refractivity contribution >= 4 is 17.3 Å². The van der Waals surface area contributed by atoms with Crippen molar-refractivity contribution in [3.63, 3.8) is 0 Å². The quantitative estimate of drug-likeness (QED) is 0.600. The topological polar surface area (TPSA) is 98.3 Å². The van der Waals surface area contributed by atoms with Gasteiger partial charge in [0.2, 0.25) is 5.91 Å². The monoisotopic (exact) mass is 237 g/mol. The van der Waals surface area contributed by atoms with Crippen molar-refractivity contribution in [3.8, 4) is 0 Å². The van der Waals surface area contributed by atoms with Gasteiger partial charge in [-0.2, -0.15) is 0 Å². The minimum atomic E-state index is -0.452. The van der Waals surface area contributed by atoms with E-state index in [1.165, 1.54) is 6.07 Å². The molecule has 0 aliphatic carbocycles. The number of anilines is 1. The molecule has 0 saturated carbocycles. The van der Waals surface area contributed by atoms with Gasteiger partial charge in [0.1, 0.15) is 5.69 Å².